The third kappa shape index (κ3) is 2.18. The van der Waals surface area contributed by atoms with Gasteiger partial charge in [0.1, 0.15) is 0 Å². The van der Waals surface area contributed by atoms with E-state index in [1.54, 1.807) is 0 Å². The first kappa shape index (κ1) is 9.97. The summed E-state index contributed by atoms with van der Waals surface area (Å²) in [5.74, 6) is 0.321. The molecule has 1 heteroatoms. The lowest BCUT2D eigenvalue weighted by Gasteiger charge is -2.08. The molecule has 1 aromatic rings. The van der Waals surface area contributed by atoms with E-state index >= 15 is 0 Å². The monoisotopic (exact) mass is 176 g/mol. The van der Waals surface area contributed by atoms with Crippen molar-refractivity contribution in [1.82, 2.24) is 0 Å². The number of Topliss-reactive ketones (excluding diaryl/α,β-unsaturated/α-hetero) is 1. The highest BCUT2D eigenvalue weighted by molar-refractivity contribution is 5.98. The Morgan fingerprint density at radius 1 is 1.23 bits per heavy atom. The molecule has 0 saturated carbocycles. The number of carbonyl (C=O) groups excluding carboxylic acids is 1. The number of hydrogen-bond acceptors (Lipinski definition) is 1. The van der Waals surface area contributed by atoms with Gasteiger partial charge < -0.3 is 0 Å². The maximum absolute atomic E-state index is 11.7. The van der Waals surface area contributed by atoms with E-state index in [0.29, 0.717) is 0 Å². The Labute approximate surface area is 79.8 Å². The Bertz CT molecular complexity index is 324. The van der Waals surface area contributed by atoms with Gasteiger partial charge in [-0.05, 0) is 25.5 Å². The summed E-state index contributed by atoms with van der Waals surface area (Å²) in [5, 5.41) is 0. The molecular weight excluding hydrogens is 160 g/mol. The second-order valence-electron chi connectivity index (χ2n) is 3.84. The topological polar surface area (TPSA) is 17.1 Å². The molecule has 0 fully saturated rings. The standard InChI is InChI=1S/C12H16O/c1-8(2)12(13)11-7-9(3)5-6-10(11)4/h5-8H,1-4H3. The van der Waals surface area contributed by atoms with Crippen molar-refractivity contribution in [2.75, 3.05) is 0 Å². The van der Waals surface area contributed by atoms with Crippen LogP contribution in [-0.2, 0) is 0 Å². The van der Waals surface area contributed by atoms with Crippen molar-refractivity contribution in [3.8, 4) is 0 Å². The molecule has 0 N–H and O–H groups in total. The lowest BCUT2D eigenvalue weighted by molar-refractivity contribution is 0.0938. The maximum atomic E-state index is 11.7. The highest BCUT2D eigenvalue weighted by Crippen LogP contribution is 2.14. The molecule has 1 aromatic carbocycles. The number of ketones is 1. The molecule has 0 bridgehead atoms. The highest BCUT2D eigenvalue weighted by atomic mass is 16.1. The first-order valence-electron chi connectivity index (χ1n) is 4.64. The Hall–Kier alpha value is -1.11. The molecule has 0 aromatic heterocycles. The van der Waals surface area contributed by atoms with Crippen molar-refractivity contribution in [2.45, 2.75) is 27.7 Å². The summed E-state index contributed by atoms with van der Waals surface area (Å²) in [6.45, 7) is 7.86. The van der Waals surface area contributed by atoms with E-state index in [4.69, 9.17) is 0 Å². The third-order valence-electron chi connectivity index (χ3n) is 2.18. The molecule has 13 heavy (non-hydrogen) atoms. The zero-order chi connectivity index (χ0) is 10.0. The Balaban J connectivity index is 3.13. The fourth-order valence-corrected chi connectivity index (χ4v) is 1.31. The Kier molecular flexibility index (Phi) is 2.86. The second kappa shape index (κ2) is 3.73. The summed E-state index contributed by atoms with van der Waals surface area (Å²) in [6.07, 6.45) is 0. The molecule has 0 saturated heterocycles. The van der Waals surface area contributed by atoms with E-state index in [9.17, 15) is 4.79 Å². The van der Waals surface area contributed by atoms with Gasteiger partial charge in [0.05, 0.1) is 0 Å². The summed E-state index contributed by atoms with van der Waals surface area (Å²) >= 11 is 0. The van der Waals surface area contributed by atoms with E-state index in [0.717, 1.165) is 16.7 Å². The summed E-state index contributed by atoms with van der Waals surface area (Å²) in [6, 6.07) is 6.01. The predicted molar refractivity (Wildman–Crippen MR) is 55.1 cm³/mol. The van der Waals surface area contributed by atoms with Gasteiger partial charge >= 0.3 is 0 Å². The van der Waals surface area contributed by atoms with Crippen LogP contribution < -0.4 is 0 Å². The minimum atomic E-state index is 0.0838. The first-order valence-corrected chi connectivity index (χ1v) is 4.64. The van der Waals surface area contributed by atoms with Gasteiger partial charge in [0.15, 0.2) is 5.78 Å². The van der Waals surface area contributed by atoms with Crippen molar-refractivity contribution in [2.24, 2.45) is 5.92 Å². The average Bonchev–Trinajstić information content (AvgIpc) is 2.08. The molecule has 0 aliphatic rings. The van der Waals surface area contributed by atoms with Gasteiger partial charge in [-0.2, -0.15) is 0 Å². The predicted octanol–water partition coefficient (Wildman–Crippen LogP) is 3.14. The molecule has 1 rings (SSSR count). The normalized spacial score (nSPS) is 10.5. The van der Waals surface area contributed by atoms with Gasteiger partial charge in [-0.15, -0.1) is 0 Å². The Morgan fingerprint density at radius 2 is 1.85 bits per heavy atom. The average molecular weight is 176 g/mol. The number of benzene rings is 1. The largest absolute Gasteiger partial charge is 0.294 e. The zero-order valence-corrected chi connectivity index (χ0v) is 8.72. The number of carbonyl (C=O) groups is 1. The molecule has 0 amide bonds. The van der Waals surface area contributed by atoms with Gasteiger partial charge in [-0.3, -0.25) is 4.79 Å². The van der Waals surface area contributed by atoms with Crippen LogP contribution in [0, 0.1) is 19.8 Å². The van der Waals surface area contributed by atoms with Crippen molar-refractivity contribution >= 4 is 5.78 Å². The van der Waals surface area contributed by atoms with Gasteiger partial charge in [-0.1, -0.05) is 31.5 Å². The van der Waals surface area contributed by atoms with Crippen LogP contribution in [0.25, 0.3) is 0 Å². The van der Waals surface area contributed by atoms with E-state index in [-0.39, 0.29) is 11.7 Å². The summed E-state index contributed by atoms with van der Waals surface area (Å²) in [5.41, 5.74) is 3.09. The molecule has 70 valence electrons. The van der Waals surface area contributed by atoms with Crippen LogP contribution in [0.1, 0.15) is 35.3 Å². The number of aryl methyl sites for hydroxylation is 2. The second-order valence-corrected chi connectivity index (χ2v) is 3.84. The Morgan fingerprint density at radius 3 is 2.38 bits per heavy atom. The minimum Gasteiger partial charge on any atom is -0.294 e. The third-order valence-corrected chi connectivity index (χ3v) is 2.18. The number of hydrogen-bond donors (Lipinski definition) is 0. The molecule has 0 unspecified atom stereocenters. The fourth-order valence-electron chi connectivity index (χ4n) is 1.31. The van der Waals surface area contributed by atoms with Crippen LogP contribution >= 0.6 is 0 Å². The lowest BCUT2D eigenvalue weighted by Crippen LogP contribution is -2.09. The van der Waals surface area contributed by atoms with Crippen LogP contribution in [-0.4, -0.2) is 5.78 Å². The molecule has 0 aliphatic heterocycles. The lowest BCUT2D eigenvalue weighted by atomic mass is 9.96. The number of rotatable bonds is 2. The first-order chi connectivity index (χ1) is 6.02. The van der Waals surface area contributed by atoms with Crippen molar-refractivity contribution < 1.29 is 4.79 Å². The zero-order valence-electron chi connectivity index (χ0n) is 8.72. The molecule has 1 nitrogen and oxygen atoms in total. The van der Waals surface area contributed by atoms with Gasteiger partial charge in [0.2, 0.25) is 0 Å². The van der Waals surface area contributed by atoms with E-state index in [1.165, 1.54) is 0 Å². The van der Waals surface area contributed by atoms with Gasteiger partial charge in [0.25, 0.3) is 0 Å². The van der Waals surface area contributed by atoms with Crippen molar-refractivity contribution in [3.05, 3.63) is 34.9 Å². The fraction of sp³-hybridized carbons (Fsp3) is 0.417. The van der Waals surface area contributed by atoms with Crippen LogP contribution in [0.2, 0.25) is 0 Å². The van der Waals surface area contributed by atoms with E-state index in [2.05, 4.69) is 0 Å². The van der Waals surface area contributed by atoms with Gasteiger partial charge in [0, 0.05) is 11.5 Å². The van der Waals surface area contributed by atoms with Crippen LogP contribution in [0.5, 0.6) is 0 Å². The SMILES string of the molecule is Cc1ccc(C)c(C(=O)C(C)C)c1. The van der Waals surface area contributed by atoms with Crippen molar-refractivity contribution in [1.29, 1.82) is 0 Å². The maximum Gasteiger partial charge on any atom is 0.165 e. The summed E-state index contributed by atoms with van der Waals surface area (Å²) in [7, 11) is 0. The van der Waals surface area contributed by atoms with Crippen LogP contribution in [0.4, 0.5) is 0 Å². The molecule has 0 radical (unpaired) electrons. The quantitative estimate of drug-likeness (QED) is 0.633. The molecule has 0 aliphatic carbocycles. The van der Waals surface area contributed by atoms with E-state index < -0.39 is 0 Å². The van der Waals surface area contributed by atoms with E-state index in [1.807, 2.05) is 45.9 Å². The minimum absolute atomic E-state index is 0.0838. The van der Waals surface area contributed by atoms with Crippen LogP contribution in [0.3, 0.4) is 0 Å². The van der Waals surface area contributed by atoms with Crippen LogP contribution in [0.15, 0.2) is 18.2 Å². The smallest absolute Gasteiger partial charge is 0.165 e. The summed E-state index contributed by atoms with van der Waals surface area (Å²) in [4.78, 5) is 11.7. The van der Waals surface area contributed by atoms with Gasteiger partial charge in [-0.25, -0.2) is 0 Å². The molecule has 0 spiro atoms. The molecule has 0 heterocycles. The molecule has 0 atom stereocenters. The van der Waals surface area contributed by atoms with Crippen molar-refractivity contribution in [3.63, 3.8) is 0 Å². The highest BCUT2D eigenvalue weighted by Gasteiger charge is 2.12. The summed E-state index contributed by atoms with van der Waals surface area (Å²) < 4.78 is 0. The molecular formula is C12H16O.